The topological polar surface area (TPSA) is 96.5 Å². The average Bonchev–Trinajstić information content (AvgIpc) is 3.53. The van der Waals surface area contributed by atoms with E-state index in [1.165, 1.54) is 11.3 Å². The highest BCUT2D eigenvalue weighted by Crippen LogP contribution is 2.27. The van der Waals surface area contributed by atoms with E-state index in [2.05, 4.69) is 20.4 Å². The molecule has 0 aliphatic rings. The Kier molecular flexibility index (Phi) is 5.45. The Labute approximate surface area is 193 Å². The molecule has 0 fully saturated rings. The molecule has 0 saturated carbocycles. The number of hydrogen-bond donors (Lipinski definition) is 1. The molecule has 7 nitrogen and oxygen atoms in total. The van der Waals surface area contributed by atoms with Crippen LogP contribution in [-0.4, -0.2) is 25.7 Å². The molecule has 0 bridgehead atoms. The maximum Gasteiger partial charge on any atom is 0.261 e. The number of nitrogens with zero attached hydrogens (tertiary/aromatic N) is 5. The third-order valence-corrected chi connectivity index (χ3v) is 5.64. The van der Waals surface area contributed by atoms with Crippen LogP contribution in [0.3, 0.4) is 0 Å². The van der Waals surface area contributed by atoms with Gasteiger partial charge in [-0.2, -0.15) is 10.4 Å². The number of anilines is 1. The Morgan fingerprint density at radius 2 is 1.67 bits per heavy atom. The zero-order valence-electron chi connectivity index (χ0n) is 17.2. The van der Waals surface area contributed by atoms with Crippen molar-refractivity contribution in [1.82, 2.24) is 19.7 Å². The third kappa shape index (κ3) is 4.26. The van der Waals surface area contributed by atoms with Gasteiger partial charge < -0.3 is 0 Å². The van der Waals surface area contributed by atoms with Gasteiger partial charge in [-0.1, -0.05) is 54.6 Å². The van der Waals surface area contributed by atoms with Crippen LogP contribution in [0.4, 0.5) is 5.13 Å². The van der Waals surface area contributed by atoms with Crippen LogP contribution in [0.5, 0.6) is 0 Å². The maximum atomic E-state index is 13.2. The second-order valence-corrected chi connectivity index (χ2v) is 7.91. The Balaban J connectivity index is 1.47. The number of rotatable bonds is 5. The molecule has 3 aromatic heterocycles. The summed E-state index contributed by atoms with van der Waals surface area (Å²) >= 11 is 1.29. The fourth-order valence-electron chi connectivity index (χ4n) is 3.32. The molecule has 8 heteroatoms. The number of carbonyl (C=O) groups excluding carboxylic acids is 1. The molecule has 0 unspecified atom stereocenters. The van der Waals surface area contributed by atoms with Crippen molar-refractivity contribution >= 4 is 22.4 Å². The summed E-state index contributed by atoms with van der Waals surface area (Å²) in [5.74, 6) is -0.310. The van der Waals surface area contributed by atoms with Gasteiger partial charge in [0, 0.05) is 17.1 Å². The van der Waals surface area contributed by atoms with E-state index in [0.29, 0.717) is 33.5 Å². The summed E-state index contributed by atoms with van der Waals surface area (Å²) in [6.07, 6.45) is 1.72. The molecule has 158 valence electrons. The summed E-state index contributed by atoms with van der Waals surface area (Å²) in [6, 6.07) is 26.4. The van der Waals surface area contributed by atoms with E-state index in [0.717, 1.165) is 11.3 Å². The molecular formula is C25H16N6OS. The molecule has 0 radical (unpaired) electrons. The molecule has 0 aliphatic carbocycles. The van der Waals surface area contributed by atoms with Gasteiger partial charge in [0.2, 0.25) is 0 Å². The van der Waals surface area contributed by atoms with Crippen LogP contribution >= 0.6 is 11.3 Å². The average molecular weight is 449 g/mol. The lowest BCUT2D eigenvalue weighted by Gasteiger charge is -2.02. The van der Waals surface area contributed by atoms with Crippen molar-refractivity contribution in [2.45, 2.75) is 0 Å². The van der Waals surface area contributed by atoms with E-state index in [-0.39, 0.29) is 5.91 Å². The molecule has 0 atom stereocenters. The standard InChI is InChI=1S/C25H16N6OS/c26-14-18-10-7-13-21(27-18)22-16-33-25(28-22)29-24(32)20-15-31(19-11-5-2-6-12-19)30-23(20)17-8-3-1-4-9-17/h1-13,15-16H,(H,28,29,32). The second kappa shape index (κ2) is 8.86. The lowest BCUT2D eigenvalue weighted by Crippen LogP contribution is -2.12. The molecule has 0 spiro atoms. The molecule has 1 amide bonds. The van der Waals surface area contributed by atoms with Crippen LogP contribution in [0.15, 0.2) is 90.4 Å². The van der Waals surface area contributed by atoms with E-state index in [1.807, 2.05) is 66.7 Å². The third-order valence-electron chi connectivity index (χ3n) is 4.88. The van der Waals surface area contributed by atoms with Gasteiger partial charge in [-0.3, -0.25) is 10.1 Å². The Morgan fingerprint density at radius 3 is 2.42 bits per heavy atom. The fraction of sp³-hybridized carbons (Fsp3) is 0. The van der Waals surface area contributed by atoms with Gasteiger partial charge >= 0.3 is 0 Å². The van der Waals surface area contributed by atoms with Gasteiger partial charge in [-0.25, -0.2) is 14.6 Å². The normalized spacial score (nSPS) is 10.5. The van der Waals surface area contributed by atoms with Gasteiger partial charge in [0.05, 0.1) is 16.9 Å². The number of benzene rings is 2. The predicted molar refractivity (Wildman–Crippen MR) is 127 cm³/mol. The number of hydrogen-bond acceptors (Lipinski definition) is 6. The smallest absolute Gasteiger partial charge is 0.261 e. The molecule has 2 aromatic carbocycles. The first-order valence-corrected chi connectivity index (χ1v) is 10.9. The minimum absolute atomic E-state index is 0.310. The zero-order chi connectivity index (χ0) is 22.6. The number of amides is 1. The van der Waals surface area contributed by atoms with Crippen molar-refractivity contribution in [2.24, 2.45) is 0 Å². The van der Waals surface area contributed by atoms with Crippen molar-refractivity contribution in [2.75, 3.05) is 5.32 Å². The van der Waals surface area contributed by atoms with Gasteiger partial charge in [-0.15, -0.1) is 11.3 Å². The molecule has 33 heavy (non-hydrogen) atoms. The Bertz CT molecular complexity index is 1470. The van der Waals surface area contributed by atoms with Crippen LogP contribution in [0.25, 0.3) is 28.3 Å². The van der Waals surface area contributed by atoms with E-state index in [1.54, 1.807) is 34.5 Å². The summed E-state index contributed by atoms with van der Waals surface area (Å²) in [5, 5.41) is 18.9. The first kappa shape index (κ1) is 20.3. The van der Waals surface area contributed by atoms with Crippen molar-refractivity contribution in [3.8, 4) is 34.4 Å². The Morgan fingerprint density at radius 1 is 0.909 bits per heavy atom. The number of carbonyl (C=O) groups is 1. The minimum Gasteiger partial charge on any atom is -0.298 e. The number of thiazole rings is 1. The summed E-state index contributed by atoms with van der Waals surface area (Å²) < 4.78 is 1.70. The quantitative estimate of drug-likeness (QED) is 0.399. The number of aromatic nitrogens is 4. The fourth-order valence-corrected chi connectivity index (χ4v) is 4.01. The highest BCUT2D eigenvalue weighted by Gasteiger charge is 2.20. The summed E-state index contributed by atoms with van der Waals surface area (Å²) in [7, 11) is 0. The first-order valence-electron chi connectivity index (χ1n) is 10.1. The summed E-state index contributed by atoms with van der Waals surface area (Å²) in [4.78, 5) is 22.0. The number of nitriles is 1. The highest BCUT2D eigenvalue weighted by atomic mass is 32.1. The highest BCUT2D eigenvalue weighted by molar-refractivity contribution is 7.14. The SMILES string of the molecule is N#Cc1cccc(-c2csc(NC(=O)c3cn(-c4ccccc4)nc3-c3ccccc3)n2)n1. The van der Waals surface area contributed by atoms with E-state index >= 15 is 0 Å². The number of pyridine rings is 1. The first-order chi connectivity index (χ1) is 16.2. The summed E-state index contributed by atoms with van der Waals surface area (Å²) in [5.41, 5.74) is 4.20. The maximum absolute atomic E-state index is 13.2. The molecule has 3 heterocycles. The zero-order valence-corrected chi connectivity index (χ0v) is 18.0. The summed E-state index contributed by atoms with van der Waals surface area (Å²) in [6.45, 7) is 0. The van der Waals surface area contributed by atoms with Gasteiger partial charge in [0.25, 0.3) is 5.91 Å². The lowest BCUT2D eigenvalue weighted by molar-refractivity contribution is 0.102. The van der Waals surface area contributed by atoms with Crippen molar-refractivity contribution in [1.29, 1.82) is 5.26 Å². The van der Waals surface area contributed by atoms with Crippen molar-refractivity contribution in [3.63, 3.8) is 0 Å². The van der Waals surface area contributed by atoms with Gasteiger partial charge in [-0.05, 0) is 24.3 Å². The minimum atomic E-state index is -0.310. The molecule has 5 aromatic rings. The Hall–Kier alpha value is -4.61. The molecular weight excluding hydrogens is 432 g/mol. The van der Waals surface area contributed by atoms with E-state index in [9.17, 15) is 4.79 Å². The van der Waals surface area contributed by atoms with E-state index < -0.39 is 0 Å². The number of nitrogens with one attached hydrogen (secondary N) is 1. The van der Waals surface area contributed by atoms with Crippen molar-refractivity contribution in [3.05, 3.63) is 102 Å². The van der Waals surface area contributed by atoms with Gasteiger partial charge in [0.15, 0.2) is 5.13 Å². The van der Waals surface area contributed by atoms with Gasteiger partial charge in [0.1, 0.15) is 23.2 Å². The van der Waals surface area contributed by atoms with E-state index in [4.69, 9.17) is 5.26 Å². The second-order valence-electron chi connectivity index (χ2n) is 7.05. The molecule has 5 rings (SSSR count). The molecule has 1 N–H and O–H groups in total. The van der Waals surface area contributed by atoms with Crippen LogP contribution < -0.4 is 5.32 Å². The van der Waals surface area contributed by atoms with Crippen LogP contribution in [0.1, 0.15) is 16.1 Å². The molecule has 0 saturated heterocycles. The lowest BCUT2D eigenvalue weighted by atomic mass is 10.1. The van der Waals surface area contributed by atoms with Crippen LogP contribution in [-0.2, 0) is 0 Å². The monoisotopic (exact) mass is 448 g/mol. The van der Waals surface area contributed by atoms with Crippen LogP contribution in [0, 0.1) is 11.3 Å². The predicted octanol–water partition coefficient (Wildman–Crippen LogP) is 5.18. The van der Waals surface area contributed by atoms with Crippen molar-refractivity contribution < 1.29 is 4.79 Å². The number of para-hydroxylation sites is 1. The van der Waals surface area contributed by atoms with Crippen LogP contribution in [0.2, 0.25) is 0 Å². The largest absolute Gasteiger partial charge is 0.298 e. The molecule has 0 aliphatic heterocycles.